The van der Waals surface area contributed by atoms with Crippen LogP contribution in [0.25, 0.3) is 0 Å². The lowest BCUT2D eigenvalue weighted by atomic mass is 10.5. The summed E-state index contributed by atoms with van der Waals surface area (Å²) < 4.78 is 1.37. The van der Waals surface area contributed by atoms with E-state index in [1.807, 2.05) is 0 Å². The Morgan fingerprint density at radius 2 is 2.58 bits per heavy atom. The van der Waals surface area contributed by atoms with E-state index >= 15 is 0 Å². The van der Waals surface area contributed by atoms with Crippen molar-refractivity contribution in [3.05, 3.63) is 11.9 Å². The zero-order chi connectivity index (χ0) is 8.97. The van der Waals surface area contributed by atoms with Gasteiger partial charge in [0, 0.05) is 7.05 Å². The van der Waals surface area contributed by atoms with Crippen molar-refractivity contribution >= 4 is 5.91 Å². The second-order valence-corrected chi connectivity index (χ2v) is 2.24. The van der Waals surface area contributed by atoms with E-state index in [1.54, 1.807) is 7.05 Å². The predicted molar refractivity (Wildman–Crippen MR) is 40.0 cm³/mol. The third-order valence-electron chi connectivity index (χ3n) is 1.33. The summed E-state index contributed by atoms with van der Waals surface area (Å²) in [6.45, 7) is -0.0305. The van der Waals surface area contributed by atoms with Crippen LogP contribution in [0, 0.1) is 0 Å². The van der Waals surface area contributed by atoms with Crippen LogP contribution < -0.4 is 5.32 Å². The van der Waals surface area contributed by atoms with E-state index in [-0.39, 0.29) is 19.1 Å². The highest BCUT2D eigenvalue weighted by atomic mass is 16.3. The molecule has 0 radical (unpaired) electrons. The number of rotatable bonds is 3. The molecule has 6 nitrogen and oxygen atoms in total. The van der Waals surface area contributed by atoms with Crippen molar-refractivity contribution in [3.8, 4) is 0 Å². The maximum atomic E-state index is 10.8. The molecule has 0 unspecified atom stereocenters. The molecule has 12 heavy (non-hydrogen) atoms. The number of carbonyl (C=O) groups is 1. The van der Waals surface area contributed by atoms with Crippen molar-refractivity contribution in [1.82, 2.24) is 20.3 Å². The largest absolute Gasteiger partial charge is 0.390 e. The molecule has 0 aliphatic carbocycles. The fourth-order valence-electron chi connectivity index (χ4n) is 0.714. The summed E-state index contributed by atoms with van der Waals surface area (Å²) in [4.78, 5) is 10.8. The average molecular weight is 170 g/mol. The molecule has 0 bridgehead atoms. The highest BCUT2D eigenvalue weighted by Gasteiger charge is 2.02. The van der Waals surface area contributed by atoms with Gasteiger partial charge >= 0.3 is 0 Å². The molecule has 0 saturated heterocycles. The number of aliphatic hydroxyl groups excluding tert-OH is 1. The lowest BCUT2D eigenvalue weighted by Gasteiger charge is -1.96. The van der Waals surface area contributed by atoms with E-state index in [0.29, 0.717) is 5.69 Å². The van der Waals surface area contributed by atoms with Gasteiger partial charge in [-0.1, -0.05) is 5.21 Å². The SMILES string of the molecule is CNC(=O)Cn1cc(CO)nn1. The summed E-state index contributed by atoms with van der Waals surface area (Å²) in [5.74, 6) is -0.149. The Morgan fingerprint density at radius 1 is 1.83 bits per heavy atom. The van der Waals surface area contributed by atoms with Crippen molar-refractivity contribution < 1.29 is 9.90 Å². The van der Waals surface area contributed by atoms with Crippen LogP contribution in [0.5, 0.6) is 0 Å². The van der Waals surface area contributed by atoms with Crippen LogP contribution >= 0.6 is 0 Å². The number of hydrogen-bond donors (Lipinski definition) is 2. The molecule has 1 rings (SSSR count). The smallest absolute Gasteiger partial charge is 0.241 e. The normalized spacial score (nSPS) is 9.83. The number of carbonyl (C=O) groups excluding carboxylic acids is 1. The van der Waals surface area contributed by atoms with Gasteiger partial charge in [0.05, 0.1) is 12.8 Å². The van der Waals surface area contributed by atoms with E-state index in [2.05, 4.69) is 15.6 Å². The van der Waals surface area contributed by atoms with Crippen LogP contribution in [-0.2, 0) is 17.9 Å². The first-order chi connectivity index (χ1) is 5.76. The van der Waals surface area contributed by atoms with Gasteiger partial charge in [0.1, 0.15) is 12.2 Å². The van der Waals surface area contributed by atoms with Crippen LogP contribution in [0.2, 0.25) is 0 Å². The fourth-order valence-corrected chi connectivity index (χ4v) is 0.714. The number of nitrogens with one attached hydrogen (secondary N) is 1. The summed E-state index contributed by atoms with van der Waals surface area (Å²) in [6.07, 6.45) is 1.52. The van der Waals surface area contributed by atoms with E-state index in [9.17, 15) is 4.79 Å². The van der Waals surface area contributed by atoms with E-state index in [4.69, 9.17) is 5.11 Å². The second-order valence-electron chi connectivity index (χ2n) is 2.24. The maximum Gasteiger partial charge on any atom is 0.241 e. The molecular weight excluding hydrogens is 160 g/mol. The van der Waals surface area contributed by atoms with Crippen LogP contribution in [-0.4, -0.2) is 33.1 Å². The Kier molecular flexibility index (Phi) is 2.76. The van der Waals surface area contributed by atoms with Crippen LogP contribution in [0.15, 0.2) is 6.20 Å². The zero-order valence-electron chi connectivity index (χ0n) is 6.69. The number of nitrogens with zero attached hydrogens (tertiary/aromatic N) is 3. The van der Waals surface area contributed by atoms with Gasteiger partial charge in [-0.15, -0.1) is 5.10 Å². The maximum absolute atomic E-state index is 10.8. The van der Waals surface area contributed by atoms with E-state index < -0.39 is 0 Å². The van der Waals surface area contributed by atoms with Gasteiger partial charge in [-0.05, 0) is 0 Å². The minimum Gasteiger partial charge on any atom is -0.390 e. The fraction of sp³-hybridized carbons (Fsp3) is 0.500. The molecule has 0 atom stereocenters. The Labute approximate surface area is 69.2 Å². The monoisotopic (exact) mass is 170 g/mol. The average Bonchev–Trinajstić information content (AvgIpc) is 2.52. The van der Waals surface area contributed by atoms with Gasteiger partial charge in [0.25, 0.3) is 0 Å². The number of hydrogen-bond acceptors (Lipinski definition) is 4. The predicted octanol–water partition coefficient (Wildman–Crippen LogP) is -1.48. The molecule has 0 fully saturated rings. The molecule has 66 valence electrons. The first-order valence-electron chi connectivity index (χ1n) is 3.46. The van der Waals surface area contributed by atoms with Crippen LogP contribution in [0.1, 0.15) is 5.69 Å². The molecule has 1 heterocycles. The van der Waals surface area contributed by atoms with Gasteiger partial charge in [0.15, 0.2) is 0 Å². The lowest BCUT2D eigenvalue weighted by Crippen LogP contribution is -2.23. The molecule has 6 heteroatoms. The van der Waals surface area contributed by atoms with Gasteiger partial charge in [0.2, 0.25) is 5.91 Å². The molecule has 1 amide bonds. The topological polar surface area (TPSA) is 80.0 Å². The van der Waals surface area contributed by atoms with Gasteiger partial charge in [-0.3, -0.25) is 4.79 Å². The van der Waals surface area contributed by atoms with Crippen molar-refractivity contribution in [2.45, 2.75) is 13.2 Å². The van der Waals surface area contributed by atoms with Crippen molar-refractivity contribution in [3.63, 3.8) is 0 Å². The standard InChI is InChI=1S/C6H10N4O2/c1-7-6(12)3-10-2-5(4-11)8-9-10/h2,11H,3-4H2,1H3,(H,7,12). The van der Waals surface area contributed by atoms with Gasteiger partial charge in [-0.2, -0.15) is 0 Å². The molecule has 0 spiro atoms. The van der Waals surface area contributed by atoms with Crippen LogP contribution in [0.3, 0.4) is 0 Å². The first-order valence-corrected chi connectivity index (χ1v) is 3.46. The van der Waals surface area contributed by atoms with E-state index in [0.717, 1.165) is 0 Å². The molecule has 1 aromatic heterocycles. The number of amides is 1. The summed E-state index contributed by atoms with van der Waals surface area (Å²) in [5.41, 5.74) is 0.457. The van der Waals surface area contributed by atoms with Crippen molar-refractivity contribution in [1.29, 1.82) is 0 Å². The molecule has 0 aliphatic heterocycles. The van der Waals surface area contributed by atoms with Gasteiger partial charge < -0.3 is 10.4 Å². The number of likely N-dealkylation sites (N-methyl/N-ethyl adjacent to an activating group) is 1. The van der Waals surface area contributed by atoms with Crippen LogP contribution in [0.4, 0.5) is 0 Å². The molecule has 2 N–H and O–H groups in total. The highest BCUT2D eigenvalue weighted by molar-refractivity contribution is 5.75. The van der Waals surface area contributed by atoms with Crippen molar-refractivity contribution in [2.24, 2.45) is 0 Å². The molecule has 0 saturated carbocycles. The molecular formula is C6H10N4O2. The van der Waals surface area contributed by atoms with Gasteiger partial charge in [-0.25, -0.2) is 4.68 Å². The number of aliphatic hydroxyl groups is 1. The minimum absolute atomic E-state index is 0.128. The molecule has 1 aromatic rings. The minimum atomic E-state index is -0.159. The Balaban J connectivity index is 2.58. The number of aromatic nitrogens is 3. The summed E-state index contributed by atoms with van der Waals surface area (Å²) in [7, 11) is 1.55. The molecule has 0 aromatic carbocycles. The Bertz CT molecular complexity index is 270. The lowest BCUT2D eigenvalue weighted by molar-refractivity contribution is -0.121. The summed E-state index contributed by atoms with van der Waals surface area (Å²) >= 11 is 0. The molecule has 0 aliphatic rings. The quantitative estimate of drug-likeness (QED) is 0.579. The summed E-state index contributed by atoms with van der Waals surface area (Å²) in [5, 5.41) is 18.3. The third-order valence-corrected chi connectivity index (χ3v) is 1.33. The first kappa shape index (κ1) is 8.66. The van der Waals surface area contributed by atoms with E-state index in [1.165, 1.54) is 10.9 Å². The summed E-state index contributed by atoms with van der Waals surface area (Å²) in [6, 6.07) is 0. The zero-order valence-corrected chi connectivity index (χ0v) is 6.69. The second kappa shape index (κ2) is 3.82. The Hall–Kier alpha value is -1.43. The van der Waals surface area contributed by atoms with Crippen molar-refractivity contribution in [2.75, 3.05) is 7.05 Å². The Morgan fingerprint density at radius 3 is 3.08 bits per heavy atom. The highest BCUT2D eigenvalue weighted by Crippen LogP contribution is 1.91. The third kappa shape index (κ3) is 2.03.